The second-order valence-corrected chi connectivity index (χ2v) is 16.2. The summed E-state index contributed by atoms with van der Waals surface area (Å²) in [5.41, 5.74) is -0.685. The Bertz CT molecular complexity index is 1390. The Morgan fingerprint density at radius 2 is 1.67 bits per heavy atom. The van der Waals surface area contributed by atoms with Crippen molar-refractivity contribution in [1.82, 2.24) is 41.5 Å². The lowest BCUT2D eigenvalue weighted by atomic mass is 9.85. The summed E-state index contributed by atoms with van der Waals surface area (Å²) in [6, 6.07) is -4.26. The van der Waals surface area contributed by atoms with Gasteiger partial charge in [-0.15, -0.1) is 0 Å². The highest BCUT2D eigenvalue weighted by atomic mass is 127. The van der Waals surface area contributed by atoms with Crippen LogP contribution in [-0.2, 0) is 24.0 Å². The van der Waals surface area contributed by atoms with Crippen LogP contribution in [0.3, 0.4) is 0 Å². The number of halogens is 1. The molecule has 0 bridgehead atoms. The van der Waals surface area contributed by atoms with E-state index < -0.39 is 64.9 Å². The molecule has 2 aliphatic heterocycles. The molecule has 0 spiro atoms. The lowest BCUT2D eigenvalue weighted by Crippen LogP contribution is -2.63. The average molecular weight is 823 g/mol. The average Bonchev–Trinajstić information content (AvgIpc) is 3.67. The van der Waals surface area contributed by atoms with Crippen molar-refractivity contribution < 1.29 is 28.8 Å². The number of unbranched alkanes of at least 4 members (excludes halogenated alkanes) is 4. The standard InChI is InChI=1S/C36H55IN8O6/c1-5-11-24(29(46)34(50)41-23-13-14-23)42-33(49)28-27-22(15-17-40-27)21-45(28)35(51)30(36(2,3)4)44-31(47)25(12-9-7-6-8-10-16-37)43-32(48)26-20-38-18-19-39-26/h18-20,22-25,27-28,30,40H,5-17,21H2,1-4H3,(H,41,50)(H,42,49)(H,43,48)(H,44,47)/t22-,24?,25-,27-,28-,30+/m0/s1. The monoisotopic (exact) mass is 822 g/mol. The van der Waals surface area contributed by atoms with Crippen LogP contribution in [0, 0.1) is 11.3 Å². The summed E-state index contributed by atoms with van der Waals surface area (Å²) in [6.07, 6.45) is 12.7. The maximum Gasteiger partial charge on any atom is 0.289 e. The molecule has 6 atom stereocenters. The number of amides is 5. The van der Waals surface area contributed by atoms with E-state index >= 15 is 0 Å². The fourth-order valence-electron chi connectivity index (χ4n) is 6.85. The highest BCUT2D eigenvalue weighted by Gasteiger charge is 2.52. The number of hydrogen-bond acceptors (Lipinski definition) is 9. The van der Waals surface area contributed by atoms with Gasteiger partial charge < -0.3 is 31.5 Å². The summed E-state index contributed by atoms with van der Waals surface area (Å²) in [6.45, 7) is 8.39. The molecule has 2 saturated heterocycles. The Morgan fingerprint density at radius 3 is 2.31 bits per heavy atom. The van der Waals surface area contributed by atoms with Crippen molar-refractivity contribution in [3.63, 3.8) is 0 Å². The SMILES string of the molecule is CCCC(NC(=O)[C@@H]1[C@H]2NCC[C@H]2CN1C(=O)[C@@H](NC(=O)[C@H](CCCCCCCI)NC(=O)c1cnccn1)C(C)(C)C)C(=O)C(=O)NC1CC1. The number of likely N-dealkylation sites (tertiary alicyclic amines) is 1. The van der Waals surface area contributed by atoms with Gasteiger partial charge in [-0.25, -0.2) is 4.98 Å². The van der Waals surface area contributed by atoms with Crippen LogP contribution in [0.1, 0.15) is 109 Å². The molecule has 1 aromatic heterocycles. The van der Waals surface area contributed by atoms with Gasteiger partial charge >= 0.3 is 0 Å². The van der Waals surface area contributed by atoms with Gasteiger partial charge in [0.25, 0.3) is 11.8 Å². The van der Waals surface area contributed by atoms with Crippen molar-refractivity contribution in [3.8, 4) is 0 Å². The van der Waals surface area contributed by atoms with Crippen LogP contribution in [0.2, 0.25) is 0 Å². The Balaban J connectivity index is 1.52. The molecule has 3 fully saturated rings. The van der Waals surface area contributed by atoms with E-state index in [0.717, 1.165) is 49.4 Å². The second-order valence-electron chi connectivity index (χ2n) is 15.1. The fourth-order valence-corrected chi connectivity index (χ4v) is 7.39. The minimum atomic E-state index is -1.03. The van der Waals surface area contributed by atoms with Crippen molar-refractivity contribution in [1.29, 1.82) is 0 Å². The number of carbonyl (C=O) groups excluding carboxylic acids is 6. The van der Waals surface area contributed by atoms with Gasteiger partial charge in [-0.05, 0) is 60.8 Å². The molecule has 3 aliphatic rings. The molecule has 282 valence electrons. The van der Waals surface area contributed by atoms with Crippen molar-refractivity contribution >= 4 is 57.9 Å². The summed E-state index contributed by atoms with van der Waals surface area (Å²) in [4.78, 5) is 91.0. The third kappa shape index (κ3) is 11.4. The highest BCUT2D eigenvalue weighted by molar-refractivity contribution is 14.1. The van der Waals surface area contributed by atoms with Gasteiger partial charge in [0, 0.05) is 31.0 Å². The molecule has 4 rings (SSSR count). The molecule has 5 amide bonds. The van der Waals surface area contributed by atoms with Crippen LogP contribution in [0.25, 0.3) is 0 Å². The van der Waals surface area contributed by atoms with E-state index in [2.05, 4.69) is 59.1 Å². The van der Waals surface area contributed by atoms with E-state index in [1.54, 1.807) is 0 Å². The number of ketones is 1. The molecule has 5 N–H and O–H groups in total. The first-order valence-corrected chi connectivity index (χ1v) is 20.0. The zero-order chi connectivity index (χ0) is 37.1. The first kappa shape index (κ1) is 40.6. The molecule has 51 heavy (non-hydrogen) atoms. The summed E-state index contributed by atoms with van der Waals surface area (Å²) >= 11 is 2.36. The molecule has 1 saturated carbocycles. The zero-order valence-electron chi connectivity index (χ0n) is 30.3. The largest absolute Gasteiger partial charge is 0.347 e. The topological polar surface area (TPSA) is 192 Å². The van der Waals surface area contributed by atoms with Crippen molar-refractivity contribution in [3.05, 3.63) is 24.3 Å². The van der Waals surface area contributed by atoms with Gasteiger partial charge in [-0.1, -0.05) is 82.4 Å². The number of Topliss-reactive ketones (excluding diaryl/α,β-unsaturated/α-hetero) is 1. The maximum atomic E-state index is 14.5. The summed E-state index contributed by atoms with van der Waals surface area (Å²) in [5, 5.41) is 14.7. The lowest BCUT2D eigenvalue weighted by Gasteiger charge is -2.37. The number of alkyl halides is 1. The minimum Gasteiger partial charge on any atom is -0.347 e. The number of hydrogen-bond donors (Lipinski definition) is 5. The van der Waals surface area contributed by atoms with Crippen LogP contribution >= 0.6 is 22.6 Å². The second kappa shape index (κ2) is 19.0. The maximum absolute atomic E-state index is 14.5. The lowest BCUT2D eigenvalue weighted by molar-refractivity contribution is -0.145. The normalized spacial score (nSPS) is 21.6. The molecule has 0 aromatic carbocycles. The highest BCUT2D eigenvalue weighted by Crippen LogP contribution is 2.33. The molecule has 1 unspecified atom stereocenters. The van der Waals surface area contributed by atoms with Gasteiger partial charge in [0.2, 0.25) is 23.5 Å². The first-order valence-electron chi connectivity index (χ1n) is 18.5. The van der Waals surface area contributed by atoms with E-state index in [-0.39, 0.29) is 30.1 Å². The number of aromatic nitrogens is 2. The number of fused-ring (bicyclic) bond motifs is 1. The van der Waals surface area contributed by atoms with E-state index in [1.165, 1.54) is 23.5 Å². The van der Waals surface area contributed by atoms with Gasteiger partial charge in [-0.2, -0.15) is 0 Å². The van der Waals surface area contributed by atoms with Crippen molar-refractivity contribution in [2.24, 2.45) is 11.3 Å². The van der Waals surface area contributed by atoms with Gasteiger partial charge in [0.15, 0.2) is 0 Å². The summed E-state index contributed by atoms with van der Waals surface area (Å²) in [5.74, 6) is -3.36. The summed E-state index contributed by atoms with van der Waals surface area (Å²) < 4.78 is 1.09. The summed E-state index contributed by atoms with van der Waals surface area (Å²) in [7, 11) is 0. The smallest absolute Gasteiger partial charge is 0.289 e. The quantitative estimate of drug-likeness (QED) is 0.0603. The molecule has 1 aromatic rings. The van der Waals surface area contributed by atoms with E-state index in [0.29, 0.717) is 32.4 Å². The van der Waals surface area contributed by atoms with Crippen molar-refractivity contribution in [2.75, 3.05) is 17.5 Å². The van der Waals surface area contributed by atoms with Crippen LogP contribution < -0.4 is 26.6 Å². The van der Waals surface area contributed by atoms with Crippen LogP contribution in [0.5, 0.6) is 0 Å². The third-order valence-electron chi connectivity index (χ3n) is 9.85. The molecule has 15 heteroatoms. The molecule has 3 heterocycles. The third-order valence-corrected chi connectivity index (χ3v) is 10.6. The molecule has 1 aliphatic carbocycles. The van der Waals surface area contributed by atoms with Crippen LogP contribution in [-0.4, -0.2) is 104 Å². The van der Waals surface area contributed by atoms with E-state index in [9.17, 15) is 28.8 Å². The van der Waals surface area contributed by atoms with Crippen LogP contribution in [0.15, 0.2) is 18.6 Å². The van der Waals surface area contributed by atoms with Crippen LogP contribution in [0.4, 0.5) is 0 Å². The predicted molar refractivity (Wildman–Crippen MR) is 200 cm³/mol. The van der Waals surface area contributed by atoms with Gasteiger partial charge in [0.1, 0.15) is 23.8 Å². The number of nitrogens with one attached hydrogen (secondary N) is 5. The Labute approximate surface area is 314 Å². The molecular formula is C36H55IN8O6. The molecule has 0 radical (unpaired) electrons. The van der Waals surface area contributed by atoms with Gasteiger partial charge in [-0.3, -0.25) is 33.8 Å². The fraction of sp³-hybridized carbons (Fsp3) is 0.722. The predicted octanol–water partition coefficient (Wildman–Crippen LogP) is 2.20. The Kier molecular flexibility index (Phi) is 15.1. The Hall–Kier alpha value is -3.21. The molecule has 14 nitrogen and oxygen atoms in total. The minimum absolute atomic E-state index is 0.000760. The first-order chi connectivity index (χ1) is 24.3. The number of carbonyl (C=O) groups is 6. The van der Waals surface area contributed by atoms with Gasteiger partial charge in [0.05, 0.1) is 12.2 Å². The van der Waals surface area contributed by atoms with E-state index in [1.807, 2.05) is 27.7 Å². The number of rotatable bonds is 19. The van der Waals surface area contributed by atoms with E-state index in [4.69, 9.17) is 0 Å². The van der Waals surface area contributed by atoms with Crippen molar-refractivity contribution in [2.45, 2.75) is 135 Å². The number of nitrogens with zero attached hydrogens (tertiary/aromatic N) is 3. The zero-order valence-corrected chi connectivity index (χ0v) is 32.5. The Morgan fingerprint density at radius 1 is 0.941 bits per heavy atom. The molecular weight excluding hydrogens is 767 g/mol.